The maximum Gasteiger partial charge on any atom is 0.336 e. The van der Waals surface area contributed by atoms with Gasteiger partial charge in [-0.15, -0.1) is 0 Å². The molecular formula is C24H16O8. The smallest absolute Gasteiger partial charge is 0.336 e. The number of fused-ring (bicyclic) bond motifs is 5. The van der Waals surface area contributed by atoms with Crippen LogP contribution in [0.15, 0.2) is 88.3 Å². The molecule has 8 heteroatoms. The predicted octanol–water partition coefficient (Wildman–Crippen LogP) is 5.10. The zero-order valence-electron chi connectivity index (χ0n) is 17.0. The lowest BCUT2D eigenvalue weighted by atomic mass is 10.1. The van der Waals surface area contributed by atoms with Crippen molar-refractivity contribution in [3.63, 3.8) is 0 Å². The van der Waals surface area contributed by atoms with E-state index in [1.807, 2.05) is 6.07 Å². The molecule has 160 valence electrons. The third-order valence-corrected chi connectivity index (χ3v) is 5.03. The van der Waals surface area contributed by atoms with Gasteiger partial charge in [0.25, 0.3) is 0 Å². The van der Waals surface area contributed by atoms with Gasteiger partial charge in [-0.25, -0.2) is 9.59 Å². The number of benzene rings is 2. The molecule has 4 heterocycles. The summed E-state index contributed by atoms with van der Waals surface area (Å²) in [5.74, 6) is 1.28. The van der Waals surface area contributed by atoms with Crippen LogP contribution in [0.2, 0.25) is 0 Å². The molecule has 0 N–H and O–H groups in total. The minimum Gasteiger partial charge on any atom is -0.496 e. The minimum absolute atomic E-state index is 0.386. The third-order valence-electron chi connectivity index (χ3n) is 5.03. The fourth-order valence-corrected chi connectivity index (χ4v) is 3.63. The van der Waals surface area contributed by atoms with Crippen molar-refractivity contribution in [1.82, 2.24) is 0 Å². The Morgan fingerprint density at radius 3 is 1.97 bits per heavy atom. The molecule has 2 aromatic carbocycles. The molecule has 0 bridgehead atoms. The Morgan fingerprint density at radius 1 is 0.625 bits per heavy atom. The number of furan rings is 2. The van der Waals surface area contributed by atoms with Crippen molar-refractivity contribution >= 4 is 43.9 Å². The monoisotopic (exact) mass is 432 g/mol. The fraction of sp³-hybridized carbons (Fsp3) is 0.0833. The third kappa shape index (κ3) is 3.18. The Kier molecular flexibility index (Phi) is 4.67. The number of hydrogen-bond acceptors (Lipinski definition) is 8. The molecule has 8 nitrogen and oxygen atoms in total. The molecule has 0 amide bonds. The van der Waals surface area contributed by atoms with Gasteiger partial charge in [0.15, 0.2) is 5.58 Å². The maximum absolute atomic E-state index is 11.2. The molecule has 32 heavy (non-hydrogen) atoms. The normalized spacial score (nSPS) is 11.1. The zero-order valence-corrected chi connectivity index (χ0v) is 17.0. The molecule has 4 aromatic heterocycles. The SMILES string of the molecule is COc1c2ccoc2cc2oc(=O)ccc12.COc1cc2occc2c2oc(=O)ccc12. The predicted molar refractivity (Wildman–Crippen MR) is 118 cm³/mol. The van der Waals surface area contributed by atoms with Gasteiger partial charge in [0.05, 0.1) is 48.3 Å². The van der Waals surface area contributed by atoms with Gasteiger partial charge >= 0.3 is 11.3 Å². The molecule has 0 unspecified atom stereocenters. The average Bonchev–Trinajstić information content (AvgIpc) is 3.46. The lowest BCUT2D eigenvalue weighted by Crippen LogP contribution is -1.95. The second kappa shape index (κ2) is 7.66. The summed E-state index contributed by atoms with van der Waals surface area (Å²) in [5.41, 5.74) is 1.46. The first-order valence-corrected chi connectivity index (χ1v) is 9.55. The first kappa shape index (κ1) is 19.5. The van der Waals surface area contributed by atoms with E-state index >= 15 is 0 Å². The molecule has 0 fully saturated rings. The van der Waals surface area contributed by atoms with E-state index in [4.69, 9.17) is 27.1 Å². The van der Waals surface area contributed by atoms with Gasteiger partial charge in [0.1, 0.15) is 28.2 Å². The fourth-order valence-electron chi connectivity index (χ4n) is 3.63. The van der Waals surface area contributed by atoms with E-state index in [1.54, 1.807) is 57.1 Å². The highest BCUT2D eigenvalue weighted by Crippen LogP contribution is 2.35. The van der Waals surface area contributed by atoms with Gasteiger partial charge in [-0.2, -0.15) is 0 Å². The lowest BCUT2D eigenvalue weighted by molar-refractivity contribution is 0.418. The molecule has 0 radical (unpaired) electrons. The van der Waals surface area contributed by atoms with E-state index in [1.165, 1.54) is 12.1 Å². The van der Waals surface area contributed by atoms with Crippen molar-refractivity contribution in [2.75, 3.05) is 14.2 Å². The number of rotatable bonds is 2. The van der Waals surface area contributed by atoms with E-state index in [2.05, 4.69) is 0 Å². The molecule has 6 aromatic rings. The first-order valence-electron chi connectivity index (χ1n) is 9.55. The first-order chi connectivity index (χ1) is 15.6. The Balaban J connectivity index is 0.000000135. The summed E-state index contributed by atoms with van der Waals surface area (Å²) in [7, 11) is 3.14. The van der Waals surface area contributed by atoms with Gasteiger partial charge in [-0.3, -0.25) is 0 Å². The van der Waals surface area contributed by atoms with Gasteiger partial charge in [0, 0.05) is 24.3 Å². The highest BCUT2D eigenvalue weighted by Gasteiger charge is 2.12. The average molecular weight is 432 g/mol. The van der Waals surface area contributed by atoms with Gasteiger partial charge < -0.3 is 27.1 Å². The number of ether oxygens (including phenoxy) is 2. The van der Waals surface area contributed by atoms with Gasteiger partial charge in [-0.05, 0) is 24.3 Å². The Labute approximate surface area is 179 Å². The summed E-state index contributed by atoms with van der Waals surface area (Å²) in [5, 5.41) is 3.16. The van der Waals surface area contributed by atoms with E-state index < -0.39 is 0 Å². The topological polar surface area (TPSA) is 105 Å². The summed E-state index contributed by atoms with van der Waals surface area (Å²) in [6.07, 6.45) is 3.13. The van der Waals surface area contributed by atoms with E-state index in [0.717, 1.165) is 21.5 Å². The zero-order chi connectivity index (χ0) is 22.2. The quantitative estimate of drug-likeness (QED) is 0.348. The molecule has 0 aliphatic rings. The van der Waals surface area contributed by atoms with Crippen molar-refractivity contribution in [3.05, 3.63) is 81.9 Å². The number of hydrogen-bond donors (Lipinski definition) is 0. The summed E-state index contributed by atoms with van der Waals surface area (Å²) >= 11 is 0. The molecule has 0 aliphatic heterocycles. The highest BCUT2D eigenvalue weighted by atomic mass is 16.5. The molecule has 0 spiro atoms. The van der Waals surface area contributed by atoms with Crippen molar-refractivity contribution in [3.8, 4) is 11.5 Å². The van der Waals surface area contributed by atoms with Crippen molar-refractivity contribution in [1.29, 1.82) is 0 Å². The molecule has 6 rings (SSSR count). The van der Waals surface area contributed by atoms with Crippen molar-refractivity contribution in [2.24, 2.45) is 0 Å². The second-order valence-electron chi connectivity index (χ2n) is 6.82. The standard InChI is InChI=1S/2C12H8O4/c1-14-12-7-2-3-11(13)16-10(7)6-9-8(12)4-5-15-9;1-14-9-6-10-8(4-5-15-10)12-7(9)2-3-11(13)16-12/h2*2-6H,1H3. The van der Waals surface area contributed by atoms with Crippen molar-refractivity contribution in [2.45, 2.75) is 0 Å². The van der Waals surface area contributed by atoms with Crippen LogP contribution in [-0.4, -0.2) is 14.2 Å². The van der Waals surface area contributed by atoms with Crippen LogP contribution in [0.3, 0.4) is 0 Å². The van der Waals surface area contributed by atoms with Gasteiger partial charge in [0.2, 0.25) is 0 Å². The summed E-state index contributed by atoms with van der Waals surface area (Å²) in [6, 6.07) is 13.2. The van der Waals surface area contributed by atoms with E-state index in [0.29, 0.717) is 33.8 Å². The molecule has 0 saturated heterocycles. The van der Waals surface area contributed by atoms with Crippen LogP contribution in [0.4, 0.5) is 0 Å². The van der Waals surface area contributed by atoms with Crippen LogP contribution in [0.5, 0.6) is 11.5 Å². The summed E-state index contributed by atoms with van der Waals surface area (Å²) in [6.45, 7) is 0. The maximum atomic E-state index is 11.2. The summed E-state index contributed by atoms with van der Waals surface area (Å²) < 4.78 is 31.3. The second-order valence-corrected chi connectivity index (χ2v) is 6.82. The van der Waals surface area contributed by atoms with Crippen LogP contribution in [0, 0.1) is 0 Å². The van der Waals surface area contributed by atoms with Crippen LogP contribution in [0.1, 0.15) is 0 Å². The van der Waals surface area contributed by atoms with Gasteiger partial charge in [-0.1, -0.05) is 0 Å². The molecule has 0 saturated carbocycles. The van der Waals surface area contributed by atoms with Crippen LogP contribution < -0.4 is 20.7 Å². The number of methoxy groups -OCH3 is 2. The summed E-state index contributed by atoms with van der Waals surface area (Å²) in [4.78, 5) is 22.3. The van der Waals surface area contributed by atoms with E-state index in [9.17, 15) is 9.59 Å². The molecule has 0 atom stereocenters. The Hall–Kier alpha value is -4.46. The van der Waals surface area contributed by atoms with Crippen LogP contribution >= 0.6 is 0 Å². The van der Waals surface area contributed by atoms with Crippen molar-refractivity contribution < 1.29 is 27.1 Å². The Bertz CT molecular complexity index is 1690. The Morgan fingerprint density at radius 2 is 1.25 bits per heavy atom. The van der Waals surface area contributed by atoms with Crippen LogP contribution in [0.25, 0.3) is 43.9 Å². The largest absolute Gasteiger partial charge is 0.496 e. The lowest BCUT2D eigenvalue weighted by Gasteiger charge is -2.04. The highest BCUT2D eigenvalue weighted by molar-refractivity contribution is 6.05. The molecule has 0 aliphatic carbocycles. The molecular weight excluding hydrogens is 416 g/mol. The van der Waals surface area contributed by atoms with Crippen LogP contribution in [-0.2, 0) is 0 Å². The van der Waals surface area contributed by atoms with E-state index in [-0.39, 0.29) is 11.3 Å². The minimum atomic E-state index is -0.388.